The van der Waals surface area contributed by atoms with E-state index in [1.165, 1.54) is 25.7 Å². The highest BCUT2D eigenvalue weighted by Crippen LogP contribution is 2.27. The van der Waals surface area contributed by atoms with Gasteiger partial charge in [0.05, 0.1) is 5.56 Å². The minimum Gasteiger partial charge on any atom is -0.352 e. The zero-order valence-electron chi connectivity index (χ0n) is 11.2. The Hall–Kier alpha value is -1.42. The van der Waals surface area contributed by atoms with E-state index in [9.17, 15) is 4.79 Å². The second kappa shape index (κ2) is 5.70. The SMILES string of the molecule is O=C(NCC1CC1)c1ccc([C@@H]2CCCNC2)nc1. The van der Waals surface area contributed by atoms with Gasteiger partial charge in [-0.2, -0.15) is 0 Å². The first-order chi connectivity index (χ1) is 9.33. The van der Waals surface area contributed by atoms with Crippen LogP contribution in [-0.2, 0) is 0 Å². The Kier molecular flexibility index (Phi) is 3.78. The molecule has 1 aliphatic heterocycles. The summed E-state index contributed by atoms with van der Waals surface area (Å²) >= 11 is 0. The number of hydrogen-bond donors (Lipinski definition) is 2. The summed E-state index contributed by atoms with van der Waals surface area (Å²) in [5.74, 6) is 1.22. The molecule has 2 aliphatic rings. The highest BCUT2D eigenvalue weighted by atomic mass is 16.1. The molecule has 1 atom stereocenters. The molecule has 1 saturated carbocycles. The van der Waals surface area contributed by atoms with Crippen LogP contribution < -0.4 is 10.6 Å². The first-order valence-electron chi connectivity index (χ1n) is 7.28. The van der Waals surface area contributed by atoms with Crippen LogP contribution in [-0.4, -0.2) is 30.5 Å². The number of aromatic nitrogens is 1. The molecule has 1 aliphatic carbocycles. The lowest BCUT2D eigenvalue weighted by atomic mass is 9.95. The van der Waals surface area contributed by atoms with Gasteiger partial charge < -0.3 is 10.6 Å². The fourth-order valence-corrected chi connectivity index (χ4v) is 2.55. The van der Waals surface area contributed by atoms with Crippen LogP contribution in [0.1, 0.15) is 47.7 Å². The van der Waals surface area contributed by atoms with Gasteiger partial charge >= 0.3 is 0 Å². The van der Waals surface area contributed by atoms with E-state index in [-0.39, 0.29) is 5.91 Å². The van der Waals surface area contributed by atoms with Crippen molar-refractivity contribution in [2.45, 2.75) is 31.6 Å². The number of nitrogens with zero attached hydrogens (tertiary/aromatic N) is 1. The van der Waals surface area contributed by atoms with Crippen molar-refractivity contribution >= 4 is 5.91 Å². The standard InChI is InChI=1S/C15H21N3O/c19-15(18-8-11-3-4-11)13-5-6-14(17-10-13)12-2-1-7-16-9-12/h5-6,10-12,16H,1-4,7-9H2,(H,18,19)/t12-/m1/s1. The minimum absolute atomic E-state index is 0.00715. The fraction of sp³-hybridized carbons (Fsp3) is 0.600. The number of carbonyl (C=O) groups is 1. The summed E-state index contributed by atoms with van der Waals surface area (Å²) < 4.78 is 0. The highest BCUT2D eigenvalue weighted by molar-refractivity contribution is 5.93. The van der Waals surface area contributed by atoms with Crippen LogP contribution in [0.5, 0.6) is 0 Å². The van der Waals surface area contributed by atoms with Gasteiger partial charge in [0.15, 0.2) is 0 Å². The van der Waals surface area contributed by atoms with Gasteiger partial charge in [-0.1, -0.05) is 0 Å². The topological polar surface area (TPSA) is 54.0 Å². The Bertz CT molecular complexity index is 433. The Morgan fingerprint density at radius 1 is 1.37 bits per heavy atom. The highest BCUT2D eigenvalue weighted by Gasteiger charge is 2.22. The van der Waals surface area contributed by atoms with Crippen molar-refractivity contribution in [2.24, 2.45) is 5.92 Å². The lowest BCUT2D eigenvalue weighted by Crippen LogP contribution is -2.29. The maximum atomic E-state index is 11.9. The maximum absolute atomic E-state index is 11.9. The molecular weight excluding hydrogens is 238 g/mol. The summed E-state index contributed by atoms with van der Waals surface area (Å²) in [6.45, 7) is 2.92. The molecular formula is C15H21N3O. The number of nitrogens with one attached hydrogen (secondary N) is 2. The van der Waals surface area contributed by atoms with Gasteiger partial charge in [-0.05, 0) is 50.3 Å². The third-order valence-corrected chi connectivity index (χ3v) is 4.01. The maximum Gasteiger partial charge on any atom is 0.252 e. The van der Waals surface area contributed by atoms with Crippen LogP contribution in [0.15, 0.2) is 18.3 Å². The summed E-state index contributed by atoms with van der Waals surface area (Å²) in [6, 6.07) is 3.91. The van der Waals surface area contributed by atoms with E-state index >= 15 is 0 Å². The quantitative estimate of drug-likeness (QED) is 0.865. The molecule has 0 bridgehead atoms. The number of piperidine rings is 1. The van der Waals surface area contributed by atoms with Gasteiger partial charge in [0.2, 0.25) is 0 Å². The van der Waals surface area contributed by atoms with E-state index in [1.54, 1.807) is 6.20 Å². The average Bonchev–Trinajstić information content (AvgIpc) is 3.30. The summed E-state index contributed by atoms with van der Waals surface area (Å²) in [7, 11) is 0. The molecule has 19 heavy (non-hydrogen) atoms. The van der Waals surface area contributed by atoms with Crippen LogP contribution in [0.4, 0.5) is 0 Å². The first kappa shape index (κ1) is 12.6. The monoisotopic (exact) mass is 259 g/mol. The fourth-order valence-electron chi connectivity index (χ4n) is 2.55. The van der Waals surface area contributed by atoms with E-state index in [2.05, 4.69) is 15.6 Å². The summed E-state index contributed by atoms with van der Waals surface area (Å²) in [4.78, 5) is 16.4. The van der Waals surface area contributed by atoms with Crippen molar-refractivity contribution in [3.05, 3.63) is 29.6 Å². The second-order valence-electron chi connectivity index (χ2n) is 5.67. The molecule has 0 spiro atoms. The number of amides is 1. The van der Waals surface area contributed by atoms with E-state index in [0.717, 1.165) is 25.3 Å². The van der Waals surface area contributed by atoms with E-state index in [1.807, 2.05) is 12.1 Å². The Labute approximate surface area is 114 Å². The molecule has 0 unspecified atom stereocenters. The Balaban J connectivity index is 1.58. The van der Waals surface area contributed by atoms with Crippen molar-refractivity contribution in [3.8, 4) is 0 Å². The van der Waals surface area contributed by atoms with E-state index < -0.39 is 0 Å². The van der Waals surface area contributed by atoms with Crippen molar-refractivity contribution < 1.29 is 4.79 Å². The van der Waals surface area contributed by atoms with Crippen molar-refractivity contribution in [2.75, 3.05) is 19.6 Å². The van der Waals surface area contributed by atoms with Crippen molar-refractivity contribution in [3.63, 3.8) is 0 Å². The number of pyridine rings is 1. The lowest BCUT2D eigenvalue weighted by molar-refractivity contribution is 0.0951. The Morgan fingerprint density at radius 3 is 2.89 bits per heavy atom. The molecule has 1 amide bonds. The molecule has 1 aromatic heterocycles. The van der Waals surface area contributed by atoms with Crippen LogP contribution in [0.25, 0.3) is 0 Å². The number of hydrogen-bond acceptors (Lipinski definition) is 3. The molecule has 102 valence electrons. The van der Waals surface area contributed by atoms with Crippen molar-refractivity contribution in [1.29, 1.82) is 0 Å². The van der Waals surface area contributed by atoms with Crippen LogP contribution >= 0.6 is 0 Å². The zero-order chi connectivity index (χ0) is 13.1. The van der Waals surface area contributed by atoms with Crippen LogP contribution in [0.3, 0.4) is 0 Å². The number of carbonyl (C=O) groups excluding carboxylic acids is 1. The third-order valence-electron chi connectivity index (χ3n) is 4.01. The molecule has 4 nitrogen and oxygen atoms in total. The molecule has 0 aromatic carbocycles. The van der Waals surface area contributed by atoms with Gasteiger partial charge in [-0.25, -0.2) is 0 Å². The average molecular weight is 259 g/mol. The normalized spacial score (nSPS) is 23.1. The van der Waals surface area contributed by atoms with Crippen LogP contribution in [0.2, 0.25) is 0 Å². The number of rotatable bonds is 4. The zero-order valence-corrected chi connectivity index (χ0v) is 11.2. The first-order valence-corrected chi connectivity index (χ1v) is 7.28. The molecule has 2 heterocycles. The molecule has 1 aromatic rings. The molecule has 1 saturated heterocycles. The Morgan fingerprint density at radius 2 is 2.26 bits per heavy atom. The van der Waals surface area contributed by atoms with Gasteiger partial charge in [-0.3, -0.25) is 9.78 Å². The predicted molar refractivity (Wildman–Crippen MR) is 74.1 cm³/mol. The summed E-state index contributed by atoms with van der Waals surface area (Å²) in [5, 5.41) is 6.36. The van der Waals surface area contributed by atoms with E-state index in [0.29, 0.717) is 17.4 Å². The molecule has 2 N–H and O–H groups in total. The van der Waals surface area contributed by atoms with E-state index in [4.69, 9.17) is 0 Å². The molecule has 4 heteroatoms. The van der Waals surface area contributed by atoms with Crippen molar-refractivity contribution in [1.82, 2.24) is 15.6 Å². The smallest absolute Gasteiger partial charge is 0.252 e. The largest absolute Gasteiger partial charge is 0.352 e. The molecule has 3 rings (SSSR count). The second-order valence-corrected chi connectivity index (χ2v) is 5.67. The predicted octanol–water partition coefficient (Wildman–Crippen LogP) is 1.69. The molecule has 0 radical (unpaired) electrons. The van der Waals surface area contributed by atoms with Crippen LogP contribution in [0, 0.1) is 5.92 Å². The summed E-state index contributed by atoms with van der Waals surface area (Å²) in [6.07, 6.45) is 6.62. The lowest BCUT2D eigenvalue weighted by Gasteiger charge is -2.22. The minimum atomic E-state index is 0.00715. The summed E-state index contributed by atoms with van der Waals surface area (Å²) in [5.41, 5.74) is 1.78. The molecule has 2 fully saturated rings. The van der Waals surface area contributed by atoms with Gasteiger partial charge in [0.25, 0.3) is 5.91 Å². The van der Waals surface area contributed by atoms with Gasteiger partial charge in [0, 0.05) is 30.9 Å². The van der Waals surface area contributed by atoms with Gasteiger partial charge in [-0.15, -0.1) is 0 Å². The third kappa shape index (κ3) is 3.32. The van der Waals surface area contributed by atoms with Gasteiger partial charge in [0.1, 0.15) is 0 Å².